The molecule has 0 radical (unpaired) electrons. The molecule has 2 fully saturated rings. The maximum absolute atomic E-state index is 12.8. The Kier molecular flexibility index (Phi) is 4.94. The van der Waals surface area contributed by atoms with Gasteiger partial charge in [-0.05, 0) is 37.8 Å². The average molecular weight is 333 g/mol. The molecule has 2 aliphatic heterocycles. The van der Waals surface area contributed by atoms with E-state index >= 15 is 0 Å². The highest BCUT2D eigenvalue weighted by molar-refractivity contribution is 5.93. The summed E-state index contributed by atoms with van der Waals surface area (Å²) < 4.78 is 7.35. The molecule has 0 aliphatic carbocycles. The maximum atomic E-state index is 12.8. The van der Waals surface area contributed by atoms with Gasteiger partial charge in [0, 0.05) is 39.9 Å². The Morgan fingerprint density at radius 3 is 2.71 bits per heavy atom. The van der Waals surface area contributed by atoms with E-state index in [1.807, 2.05) is 35.7 Å². The third-order valence-electron chi connectivity index (χ3n) is 5.40. The molecule has 2 atom stereocenters. The van der Waals surface area contributed by atoms with Gasteiger partial charge in [0.1, 0.15) is 5.69 Å². The highest BCUT2D eigenvalue weighted by Gasteiger charge is 2.31. The van der Waals surface area contributed by atoms with Gasteiger partial charge in [0.05, 0.1) is 18.7 Å². The van der Waals surface area contributed by atoms with Crippen LogP contribution < -0.4 is 0 Å². The van der Waals surface area contributed by atoms with Gasteiger partial charge < -0.3 is 19.1 Å². The molecule has 2 amide bonds. The third-order valence-corrected chi connectivity index (χ3v) is 5.40. The van der Waals surface area contributed by atoms with Gasteiger partial charge >= 0.3 is 0 Å². The minimum absolute atomic E-state index is 0.0180. The van der Waals surface area contributed by atoms with Crippen molar-refractivity contribution < 1.29 is 14.3 Å². The second-order valence-electron chi connectivity index (χ2n) is 6.86. The van der Waals surface area contributed by atoms with Crippen LogP contribution in [-0.4, -0.2) is 59.0 Å². The molecule has 1 aromatic heterocycles. The van der Waals surface area contributed by atoms with E-state index in [2.05, 4.69) is 0 Å². The second kappa shape index (κ2) is 6.97. The zero-order valence-electron chi connectivity index (χ0n) is 14.8. The summed E-state index contributed by atoms with van der Waals surface area (Å²) in [6.45, 7) is 3.76. The lowest BCUT2D eigenvalue weighted by atomic mass is 9.99. The predicted molar refractivity (Wildman–Crippen MR) is 90.7 cm³/mol. The van der Waals surface area contributed by atoms with Crippen molar-refractivity contribution in [3.8, 4) is 0 Å². The van der Waals surface area contributed by atoms with Crippen LogP contribution in [0, 0.1) is 0 Å². The fraction of sp³-hybridized carbons (Fsp3) is 0.667. The summed E-state index contributed by atoms with van der Waals surface area (Å²) in [5.41, 5.74) is 1.72. The van der Waals surface area contributed by atoms with Crippen LogP contribution in [-0.2, 0) is 16.6 Å². The molecule has 0 unspecified atom stereocenters. The highest BCUT2D eigenvalue weighted by atomic mass is 16.5. The summed E-state index contributed by atoms with van der Waals surface area (Å²) in [5.74, 6) is 0.124. The van der Waals surface area contributed by atoms with Crippen LogP contribution in [0.25, 0.3) is 0 Å². The quantitative estimate of drug-likeness (QED) is 0.850. The summed E-state index contributed by atoms with van der Waals surface area (Å²) in [5, 5.41) is 0. The van der Waals surface area contributed by atoms with E-state index in [-0.39, 0.29) is 23.9 Å². The lowest BCUT2D eigenvalue weighted by molar-refractivity contribution is -0.132. The minimum atomic E-state index is 0.0180. The van der Waals surface area contributed by atoms with Crippen LogP contribution in [0.1, 0.15) is 54.8 Å². The lowest BCUT2D eigenvalue weighted by Gasteiger charge is -2.35. The fourth-order valence-electron chi connectivity index (χ4n) is 3.87. The topological polar surface area (TPSA) is 54.8 Å². The van der Waals surface area contributed by atoms with E-state index < -0.39 is 0 Å². The molecule has 0 aromatic carbocycles. The summed E-state index contributed by atoms with van der Waals surface area (Å²) in [6.07, 6.45) is 4.01. The van der Waals surface area contributed by atoms with Crippen LogP contribution >= 0.6 is 0 Å². The number of likely N-dealkylation sites (tertiary alicyclic amines) is 1. The molecule has 0 bridgehead atoms. The van der Waals surface area contributed by atoms with Crippen molar-refractivity contribution in [1.82, 2.24) is 14.4 Å². The van der Waals surface area contributed by atoms with Crippen LogP contribution in [0.15, 0.2) is 12.1 Å². The van der Waals surface area contributed by atoms with E-state index in [0.29, 0.717) is 12.3 Å². The average Bonchev–Trinajstić information content (AvgIpc) is 3.23. The molecule has 0 N–H and O–H groups in total. The molecule has 24 heavy (non-hydrogen) atoms. The molecule has 3 heterocycles. The van der Waals surface area contributed by atoms with E-state index in [1.165, 1.54) is 0 Å². The lowest BCUT2D eigenvalue weighted by Crippen LogP contribution is -2.39. The number of amides is 2. The monoisotopic (exact) mass is 333 g/mol. The van der Waals surface area contributed by atoms with Crippen LogP contribution in [0.2, 0.25) is 0 Å². The van der Waals surface area contributed by atoms with Crippen LogP contribution in [0.5, 0.6) is 0 Å². The van der Waals surface area contributed by atoms with Crippen molar-refractivity contribution in [2.75, 3.05) is 26.8 Å². The highest BCUT2D eigenvalue weighted by Crippen LogP contribution is 2.32. The molecule has 2 saturated heterocycles. The van der Waals surface area contributed by atoms with Crippen molar-refractivity contribution in [2.24, 2.45) is 7.05 Å². The van der Waals surface area contributed by atoms with Crippen molar-refractivity contribution in [3.63, 3.8) is 0 Å². The number of likely N-dealkylation sites (N-methyl/N-ethyl adjacent to an activating group) is 1. The number of rotatable bonds is 3. The largest absolute Gasteiger partial charge is 0.379 e. The zero-order chi connectivity index (χ0) is 17.3. The molecule has 6 nitrogen and oxygen atoms in total. The number of hydrogen-bond acceptors (Lipinski definition) is 3. The molecule has 6 heteroatoms. The van der Waals surface area contributed by atoms with Crippen molar-refractivity contribution >= 4 is 11.8 Å². The van der Waals surface area contributed by atoms with Crippen molar-refractivity contribution in [2.45, 2.75) is 44.7 Å². The normalized spacial score (nSPS) is 24.2. The maximum Gasteiger partial charge on any atom is 0.270 e. The number of piperidine rings is 1. The second-order valence-corrected chi connectivity index (χ2v) is 6.86. The van der Waals surface area contributed by atoms with Gasteiger partial charge in [-0.25, -0.2) is 0 Å². The Hall–Kier alpha value is -1.82. The molecule has 1 aromatic rings. The van der Waals surface area contributed by atoms with Gasteiger partial charge in [-0.2, -0.15) is 0 Å². The first-order chi connectivity index (χ1) is 11.5. The van der Waals surface area contributed by atoms with Gasteiger partial charge in [-0.1, -0.05) is 0 Å². The van der Waals surface area contributed by atoms with E-state index in [9.17, 15) is 9.59 Å². The summed E-state index contributed by atoms with van der Waals surface area (Å²) >= 11 is 0. The Labute approximate surface area is 143 Å². The van der Waals surface area contributed by atoms with Gasteiger partial charge in [-0.3, -0.25) is 9.59 Å². The molecular formula is C18H27N3O3. The fourth-order valence-corrected chi connectivity index (χ4v) is 3.87. The number of ether oxygens (including phenoxy) is 1. The first-order valence-corrected chi connectivity index (χ1v) is 8.78. The van der Waals surface area contributed by atoms with Gasteiger partial charge in [0.15, 0.2) is 0 Å². The molecule has 3 rings (SSSR count). The van der Waals surface area contributed by atoms with E-state index in [4.69, 9.17) is 4.74 Å². The Bertz CT molecular complexity index is 619. The predicted octanol–water partition coefficient (Wildman–Crippen LogP) is 1.96. The SMILES string of the molecule is CC(=O)N1CCCC[C@H]1c1ccc(C(=O)N(C)[C@H]2CCOC2)n1C. The number of carbonyl (C=O) groups excluding carboxylic acids is 2. The summed E-state index contributed by atoms with van der Waals surface area (Å²) in [6, 6.07) is 4.11. The Balaban J connectivity index is 1.82. The van der Waals surface area contributed by atoms with Crippen LogP contribution in [0.3, 0.4) is 0 Å². The molecule has 0 saturated carbocycles. The van der Waals surface area contributed by atoms with Gasteiger partial charge in [0.25, 0.3) is 5.91 Å². The minimum Gasteiger partial charge on any atom is -0.379 e. The smallest absolute Gasteiger partial charge is 0.270 e. The first-order valence-electron chi connectivity index (χ1n) is 8.78. The van der Waals surface area contributed by atoms with Crippen molar-refractivity contribution in [1.29, 1.82) is 0 Å². The standard InChI is InChI=1S/C18H27N3O3/c1-13(22)21-10-5-4-6-16(21)15-7-8-17(20(15)3)18(23)19(2)14-9-11-24-12-14/h7-8,14,16H,4-6,9-12H2,1-3H3/t14-,16-/m0/s1. The number of carbonyl (C=O) groups is 2. The third kappa shape index (κ3) is 3.07. The summed E-state index contributed by atoms with van der Waals surface area (Å²) in [4.78, 5) is 28.5. The van der Waals surface area contributed by atoms with E-state index in [1.54, 1.807) is 11.8 Å². The summed E-state index contributed by atoms with van der Waals surface area (Å²) in [7, 11) is 3.77. The van der Waals surface area contributed by atoms with Gasteiger partial charge in [-0.15, -0.1) is 0 Å². The molecule has 2 aliphatic rings. The number of aromatic nitrogens is 1. The van der Waals surface area contributed by atoms with Crippen LogP contribution in [0.4, 0.5) is 0 Å². The first kappa shape index (κ1) is 17.0. The number of nitrogens with zero attached hydrogens (tertiary/aromatic N) is 3. The van der Waals surface area contributed by atoms with Crippen molar-refractivity contribution in [3.05, 3.63) is 23.5 Å². The Morgan fingerprint density at radius 2 is 2.04 bits per heavy atom. The Morgan fingerprint density at radius 1 is 1.25 bits per heavy atom. The van der Waals surface area contributed by atoms with Gasteiger partial charge in [0.2, 0.25) is 5.91 Å². The zero-order valence-corrected chi connectivity index (χ0v) is 14.8. The molecule has 132 valence electrons. The van der Waals surface area contributed by atoms with E-state index in [0.717, 1.165) is 44.5 Å². The number of hydrogen-bond donors (Lipinski definition) is 0. The molecular weight excluding hydrogens is 306 g/mol. The molecule has 0 spiro atoms.